The van der Waals surface area contributed by atoms with E-state index in [0.29, 0.717) is 13.2 Å². The fourth-order valence-corrected chi connectivity index (χ4v) is 2.56. The van der Waals surface area contributed by atoms with E-state index in [9.17, 15) is 4.79 Å². The van der Waals surface area contributed by atoms with Gasteiger partial charge in [0.1, 0.15) is 0 Å². The van der Waals surface area contributed by atoms with Gasteiger partial charge in [-0.1, -0.05) is 30.3 Å². The Balaban J connectivity index is 2.06. The molecule has 4 nitrogen and oxygen atoms in total. The fraction of sp³-hybridized carbons (Fsp3) is 0.588. The average molecular weight is 290 g/mol. The number of amides is 1. The average Bonchev–Trinajstić information content (AvgIpc) is 3.25. The number of hydrogen-bond acceptors (Lipinski definition) is 3. The van der Waals surface area contributed by atoms with Gasteiger partial charge in [0, 0.05) is 26.7 Å². The van der Waals surface area contributed by atoms with E-state index in [-0.39, 0.29) is 11.3 Å². The van der Waals surface area contributed by atoms with E-state index in [4.69, 9.17) is 4.74 Å². The molecule has 1 aliphatic carbocycles. The zero-order valence-electron chi connectivity index (χ0n) is 13.3. The smallest absolute Gasteiger partial charge is 0.231 e. The number of nitrogens with zero attached hydrogens (tertiary/aromatic N) is 2. The summed E-state index contributed by atoms with van der Waals surface area (Å²) in [7, 11) is 5.75. The second kappa shape index (κ2) is 7.05. The summed E-state index contributed by atoms with van der Waals surface area (Å²) in [5.41, 5.74) is 0.924. The summed E-state index contributed by atoms with van der Waals surface area (Å²) >= 11 is 0. The third-order valence-electron chi connectivity index (χ3n) is 4.05. The van der Waals surface area contributed by atoms with Crippen molar-refractivity contribution < 1.29 is 9.53 Å². The Labute approximate surface area is 127 Å². The molecular formula is C17H26N2O2. The van der Waals surface area contributed by atoms with Gasteiger partial charge in [0.15, 0.2) is 0 Å². The first-order chi connectivity index (χ1) is 10.1. The SMILES string of the molecule is COCC1(C(=O)N(CCN(C)C)Cc2ccccc2)CC1. The van der Waals surface area contributed by atoms with Crippen LogP contribution in [-0.2, 0) is 16.1 Å². The van der Waals surface area contributed by atoms with Gasteiger partial charge < -0.3 is 14.5 Å². The summed E-state index contributed by atoms with van der Waals surface area (Å²) in [4.78, 5) is 17.0. The number of benzene rings is 1. The Morgan fingerprint density at radius 2 is 1.86 bits per heavy atom. The molecule has 116 valence electrons. The lowest BCUT2D eigenvalue weighted by Gasteiger charge is -2.28. The summed E-state index contributed by atoms with van der Waals surface area (Å²) < 4.78 is 5.26. The van der Waals surface area contributed by atoms with Gasteiger partial charge in [0.25, 0.3) is 0 Å². The molecule has 0 unspecified atom stereocenters. The standard InChI is InChI=1S/C17H26N2O2/c1-18(2)11-12-19(13-15-7-5-4-6-8-15)16(20)17(9-10-17)14-21-3/h4-8H,9-14H2,1-3H3. The van der Waals surface area contributed by atoms with Crippen LogP contribution in [0.1, 0.15) is 18.4 Å². The van der Waals surface area contributed by atoms with Crippen molar-refractivity contribution in [1.29, 1.82) is 0 Å². The normalized spacial score (nSPS) is 16.0. The molecule has 0 saturated heterocycles. The van der Waals surface area contributed by atoms with Gasteiger partial charge in [0.2, 0.25) is 5.91 Å². The number of likely N-dealkylation sites (N-methyl/N-ethyl adjacent to an activating group) is 1. The molecule has 0 N–H and O–H groups in total. The minimum Gasteiger partial charge on any atom is -0.384 e. The molecule has 1 aliphatic rings. The minimum absolute atomic E-state index is 0.245. The van der Waals surface area contributed by atoms with E-state index in [1.54, 1.807) is 7.11 Å². The predicted octanol–water partition coefficient (Wildman–Crippen LogP) is 2.00. The van der Waals surface area contributed by atoms with E-state index in [2.05, 4.69) is 17.0 Å². The molecule has 2 rings (SSSR count). The van der Waals surface area contributed by atoms with Gasteiger partial charge in [-0.05, 0) is 32.5 Å². The van der Waals surface area contributed by atoms with Gasteiger partial charge in [-0.15, -0.1) is 0 Å². The number of methoxy groups -OCH3 is 1. The van der Waals surface area contributed by atoms with Crippen LogP contribution in [0.2, 0.25) is 0 Å². The second-order valence-electron chi connectivity index (χ2n) is 6.23. The first-order valence-corrected chi connectivity index (χ1v) is 7.54. The molecule has 0 spiro atoms. The molecule has 21 heavy (non-hydrogen) atoms. The predicted molar refractivity (Wildman–Crippen MR) is 84.0 cm³/mol. The van der Waals surface area contributed by atoms with Crippen LogP contribution < -0.4 is 0 Å². The number of ether oxygens (including phenoxy) is 1. The van der Waals surface area contributed by atoms with Crippen molar-refractivity contribution in [2.75, 3.05) is 40.9 Å². The van der Waals surface area contributed by atoms with Crippen molar-refractivity contribution in [3.8, 4) is 0 Å². The van der Waals surface area contributed by atoms with Crippen LogP contribution in [0.25, 0.3) is 0 Å². The minimum atomic E-state index is -0.254. The topological polar surface area (TPSA) is 32.8 Å². The van der Waals surface area contributed by atoms with Crippen LogP contribution in [0.4, 0.5) is 0 Å². The molecule has 1 aromatic carbocycles. The molecular weight excluding hydrogens is 264 g/mol. The largest absolute Gasteiger partial charge is 0.384 e. The van der Waals surface area contributed by atoms with Gasteiger partial charge in [0.05, 0.1) is 12.0 Å². The Hall–Kier alpha value is -1.39. The molecule has 1 saturated carbocycles. The highest BCUT2D eigenvalue weighted by Gasteiger charge is 2.51. The Morgan fingerprint density at radius 3 is 2.38 bits per heavy atom. The van der Waals surface area contributed by atoms with E-state index in [1.807, 2.05) is 37.2 Å². The monoisotopic (exact) mass is 290 g/mol. The molecule has 1 amide bonds. The van der Waals surface area contributed by atoms with Crippen molar-refractivity contribution in [2.24, 2.45) is 5.41 Å². The van der Waals surface area contributed by atoms with Crippen molar-refractivity contribution in [1.82, 2.24) is 9.80 Å². The first-order valence-electron chi connectivity index (χ1n) is 7.54. The van der Waals surface area contributed by atoms with Crippen LogP contribution in [0, 0.1) is 5.41 Å². The Morgan fingerprint density at radius 1 is 1.19 bits per heavy atom. The fourth-order valence-electron chi connectivity index (χ4n) is 2.56. The van der Waals surface area contributed by atoms with Gasteiger partial charge >= 0.3 is 0 Å². The van der Waals surface area contributed by atoms with Crippen molar-refractivity contribution in [3.05, 3.63) is 35.9 Å². The van der Waals surface area contributed by atoms with Crippen LogP contribution in [0.3, 0.4) is 0 Å². The number of hydrogen-bond donors (Lipinski definition) is 0. The van der Waals surface area contributed by atoms with Gasteiger partial charge in [-0.2, -0.15) is 0 Å². The van der Waals surface area contributed by atoms with Gasteiger partial charge in [-0.3, -0.25) is 4.79 Å². The van der Waals surface area contributed by atoms with Crippen molar-refractivity contribution in [2.45, 2.75) is 19.4 Å². The highest BCUT2D eigenvalue weighted by molar-refractivity contribution is 5.85. The molecule has 0 aromatic heterocycles. The summed E-state index contributed by atoms with van der Waals surface area (Å²) in [6.45, 7) is 2.85. The van der Waals surface area contributed by atoms with E-state index in [0.717, 1.165) is 25.9 Å². The van der Waals surface area contributed by atoms with E-state index < -0.39 is 0 Å². The summed E-state index contributed by atoms with van der Waals surface area (Å²) in [6.07, 6.45) is 1.90. The highest BCUT2D eigenvalue weighted by atomic mass is 16.5. The molecule has 0 bridgehead atoms. The Bertz CT molecular complexity index is 455. The summed E-state index contributed by atoms with van der Waals surface area (Å²) in [5.74, 6) is 0.245. The van der Waals surface area contributed by atoms with E-state index in [1.165, 1.54) is 5.56 Å². The maximum Gasteiger partial charge on any atom is 0.231 e. The quantitative estimate of drug-likeness (QED) is 0.734. The zero-order valence-corrected chi connectivity index (χ0v) is 13.3. The summed E-state index contributed by atoms with van der Waals surface area (Å²) in [6, 6.07) is 10.2. The molecule has 0 aliphatic heterocycles. The molecule has 0 heterocycles. The lowest BCUT2D eigenvalue weighted by molar-refractivity contribution is -0.139. The number of carbonyl (C=O) groups excluding carboxylic acids is 1. The van der Waals surface area contributed by atoms with Crippen molar-refractivity contribution >= 4 is 5.91 Å². The molecule has 0 atom stereocenters. The summed E-state index contributed by atoms with van der Waals surface area (Å²) in [5, 5.41) is 0. The maximum atomic E-state index is 12.9. The highest BCUT2D eigenvalue weighted by Crippen LogP contribution is 2.47. The van der Waals surface area contributed by atoms with Crippen LogP contribution >= 0.6 is 0 Å². The third-order valence-corrected chi connectivity index (χ3v) is 4.05. The number of carbonyl (C=O) groups is 1. The lowest BCUT2D eigenvalue weighted by atomic mass is 10.1. The lowest BCUT2D eigenvalue weighted by Crippen LogP contribution is -2.42. The molecule has 1 fully saturated rings. The molecule has 4 heteroatoms. The van der Waals surface area contributed by atoms with Crippen LogP contribution in [-0.4, -0.2) is 56.6 Å². The second-order valence-corrected chi connectivity index (χ2v) is 6.23. The zero-order chi connectivity index (χ0) is 15.3. The molecule has 1 aromatic rings. The van der Waals surface area contributed by atoms with E-state index >= 15 is 0 Å². The maximum absolute atomic E-state index is 12.9. The molecule has 0 radical (unpaired) electrons. The van der Waals surface area contributed by atoms with Crippen LogP contribution in [0.15, 0.2) is 30.3 Å². The van der Waals surface area contributed by atoms with Crippen LogP contribution in [0.5, 0.6) is 0 Å². The van der Waals surface area contributed by atoms with Crippen molar-refractivity contribution in [3.63, 3.8) is 0 Å². The third kappa shape index (κ3) is 4.29. The first kappa shape index (κ1) is 16.0. The Kier molecular flexibility index (Phi) is 5.37. The van der Waals surface area contributed by atoms with Gasteiger partial charge in [-0.25, -0.2) is 0 Å². The number of rotatable bonds is 8.